The summed E-state index contributed by atoms with van der Waals surface area (Å²) in [4.78, 5) is 4.41. The van der Waals surface area contributed by atoms with Gasteiger partial charge in [0.15, 0.2) is 0 Å². The van der Waals surface area contributed by atoms with Gasteiger partial charge in [0.2, 0.25) is 0 Å². The van der Waals surface area contributed by atoms with E-state index in [4.69, 9.17) is 11.6 Å². The Morgan fingerprint density at radius 3 is 2.75 bits per heavy atom. The first-order valence-corrected chi connectivity index (χ1v) is 12.4. The predicted molar refractivity (Wildman–Crippen MR) is 140 cm³/mol. The van der Waals surface area contributed by atoms with Gasteiger partial charge in [0.05, 0.1) is 41.4 Å². The van der Waals surface area contributed by atoms with Crippen molar-refractivity contribution in [2.24, 2.45) is 5.92 Å². The van der Waals surface area contributed by atoms with Crippen LogP contribution in [0.25, 0.3) is 10.9 Å². The molecule has 7 nitrogen and oxygen atoms in total. The third-order valence-corrected chi connectivity index (χ3v) is 6.45. The van der Waals surface area contributed by atoms with Crippen molar-refractivity contribution in [3.63, 3.8) is 0 Å². The Balaban J connectivity index is 1.59. The number of aromatic nitrogens is 4. The fourth-order valence-corrected chi connectivity index (χ4v) is 4.31. The number of pyridine rings is 1. The molecule has 1 fully saturated rings. The molecule has 2 aromatic carbocycles. The number of halogens is 2. The molecule has 184 valence electrons. The molecule has 5 rings (SSSR count). The molecule has 1 saturated carbocycles. The van der Waals surface area contributed by atoms with E-state index >= 15 is 0 Å². The average molecular weight is 505 g/mol. The molecule has 0 saturated heterocycles. The first-order valence-electron chi connectivity index (χ1n) is 12.5. The van der Waals surface area contributed by atoms with Gasteiger partial charge in [-0.25, -0.2) is 9.07 Å². The molecule has 9 heteroatoms. The summed E-state index contributed by atoms with van der Waals surface area (Å²) in [6, 6.07) is 10.2. The summed E-state index contributed by atoms with van der Waals surface area (Å²) in [6.07, 6.45) is 6.26. The minimum absolute atomic E-state index is 0.295. The summed E-state index contributed by atoms with van der Waals surface area (Å²) in [6.45, 7) is 4.96. The minimum Gasteiger partial charge on any atom is -0.383 e. The Morgan fingerprint density at radius 2 is 2.06 bits per heavy atom. The van der Waals surface area contributed by atoms with Gasteiger partial charge in [-0.2, -0.15) is 5.26 Å². The van der Waals surface area contributed by atoms with Crippen LogP contribution in [0.15, 0.2) is 48.8 Å². The lowest BCUT2D eigenvalue weighted by atomic mass is 10.0. The van der Waals surface area contributed by atoms with Gasteiger partial charge in [0.1, 0.15) is 17.6 Å². The van der Waals surface area contributed by atoms with Crippen molar-refractivity contribution in [1.82, 2.24) is 20.0 Å². The molecule has 2 heterocycles. The summed E-state index contributed by atoms with van der Waals surface area (Å²) in [5.41, 5.74) is 3.01. The molecular weight excluding hydrogens is 477 g/mol. The van der Waals surface area contributed by atoms with Crippen molar-refractivity contribution in [3.8, 4) is 6.07 Å². The number of nitrogens with one attached hydrogen (secondary N) is 2. The maximum atomic E-state index is 13.7. The van der Waals surface area contributed by atoms with Crippen LogP contribution in [0.1, 0.15) is 63.4 Å². The molecule has 1 aliphatic carbocycles. The third-order valence-electron chi connectivity index (χ3n) is 6.16. The van der Waals surface area contributed by atoms with E-state index in [9.17, 15) is 11.0 Å². The van der Waals surface area contributed by atoms with Gasteiger partial charge in [-0.05, 0) is 55.0 Å². The van der Waals surface area contributed by atoms with Gasteiger partial charge in [-0.1, -0.05) is 42.8 Å². The average Bonchev–Trinajstić information content (AvgIpc) is 3.60. The van der Waals surface area contributed by atoms with Crippen LogP contribution >= 0.6 is 11.6 Å². The Labute approximate surface area is 215 Å². The number of nitrogens with zero attached hydrogens (tertiary/aromatic N) is 5. The number of hydrogen-bond acceptors (Lipinski definition) is 6. The lowest BCUT2D eigenvalue weighted by Gasteiger charge is -2.20. The van der Waals surface area contributed by atoms with Gasteiger partial charge < -0.3 is 10.6 Å². The Morgan fingerprint density at radius 1 is 1.28 bits per heavy atom. The summed E-state index contributed by atoms with van der Waals surface area (Å²) in [5, 5.41) is 25.9. The summed E-state index contributed by atoms with van der Waals surface area (Å²) >= 11 is 6.65. The number of hydrogen-bond donors (Lipinski definition) is 2. The Hall–Kier alpha value is -3.70. The molecule has 0 aliphatic heterocycles. The highest BCUT2D eigenvalue weighted by molar-refractivity contribution is 6.35. The maximum absolute atomic E-state index is 13.7. The molecule has 2 aromatic heterocycles. The second kappa shape index (κ2) is 10.1. The standard InChI is InChI=1S/C27H27ClFN7/c1-16(2)9-10-31-25-18(13-30)14-32-27-22(25)11-20(12-23(27)28)33-26(17-3-5-19(29)6-4-17)24-15-36(35-34-24)21-7-8-21/h3-6,11-12,14-16,21,26,33H,7-10H2,1-2H3,(H,31,32)/i26D. The lowest BCUT2D eigenvalue weighted by Crippen LogP contribution is -2.13. The summed E-state index contributed by atoms with van der Waals surface area (Å²) < 4.78 is 25.0. The highest BCUT2D eigenvalue weighted by Gasteiger charge is 2.27. The third kappa shape index (κ3) is 5.12. The van der Waals surface area contributed by atoms with E-state index in [1.165, 1.54) is 18.3 Å². The highest BCUT2D eigenvalue weighted by atomic mass is 35.5. The number of rotatable bonds is 9. The van der Waals surface area contributed by atoms with Crippen LogP contribution in [0.5, 0.6) is 0 Å². The number of anilines is 2. The van der Waals surface area contributed by atoms with E-state index in [0.717, 1.165) is 19.3 Å². The molecule has 0 amide bonds. The fraction of sp³-hybridized carbons (Fsp3) is 0.333. The molecule has 0 radical (unpaired) electrons. The zero-order valence-corrected chi connectivity index (χ0v) is 20.8. The SMILES string of the molecule is [2H]C(Nc1cc(Cl)c2ncc(C#N)c(NCCC(C)C)c2c1)(c1ccc(F)cc1)c1cn(C2CC2)nn1. The van der Waals surface area contributed by atoms with E-state index in [1.807, 2.05) is 6.07 Å². The summed E-state index contributed by atoms with van der Waals surface area (Å²) in [7, 11) is 0. The zero-order valence-electron chi connectivity index (χ0n) is 21.1. The van der Waals surface area contributed by atoms with Crippen LogP contribution < -0.4 is 10.6 Å². The first-order chi connectivity index (χ1) is 17.8. The molecule has 1 unspecified atom stereocenters. The van der Waals surface area contributed by atoms with Crippen LogP contribution in [-0.2, 0) is 0 Å². The quantitative estimate of drug-likeness (QED) is 0.271. The monoisotopic (exact) mass is 504 g/mol. The second-order valence-corrected chi connectivity index (χ2v) is 9.85. The normalized spacial score (nSPS) is 15.4. The molecule has 4 aromatic rings. The zero-order chi connectivity index (χ0) is 26.2. The lowest BCUT2D eigenvalue weighted by molar-refractivity contribution is 0.607. The minimum atomic E-state index is -1.58. The van der Waals surface area contributed by atoms with Gasteiger partial charge in [0.25, 0.3) is 0 Å². The van der Waals surface area contributed by atoms with E-state index in [-0.39, 0.29) is 0 Å². The predicted octanol–water partition coefficient (Wildman–Crippen LogP) is 6.48. The largest absolute Gasteiger partial charge is 0.383 e. The van der Waals surface area contributed by atoms with E-state index in [0.29, 0.717) is 62.6 Å². The van der Waals surface area contributed by atoms with E-state index in [1.54, 1.807) is 29.1 Å². The van der Waals surface area contributed by atoms with Gasteiger partial charge in [-0.3, -0.25) is 4.98 Å². The number of nitriles is 1. The van der Waals surface area contributed by atoms with Crippen LogP contribution in [0, 0.1) is 23.1 Å². The molecule has 0 bridgehead atoms. The van der Waals surface area contributed by atoms with Gasteiger partial charge in [-0.15, -0.1) is 5.10 Å². The van der Waals surface area contributed by atoms with Crippen molar-refractivity contribution in [1.29, 1.82) is 5.26 Å². The summed E-state index contributed by atoms with van der Waals surface area (Å²) in [5.74, 6) is 0.101. The molecule has 2 N–H and O–H groups in total. The molecule has 1 atom stereocenters. The molecule has 1 aliphatic rings. The smallest absolute Gasteiger partial charge is 0.123 e. The van der Waals surface area contributed by atoms with Crippen molar-refractivity contribution < 1.29 is 5.76 Å². The Bertz CT molecular complexity index is 1480. The van der Waals surface area contributed by atoms with Gasteiger partial charge in [0, 0.05) is 23.8 Å². The van der Waals surface area contributed by atoms with E-state index < -0.39 is 11.8 Å². The second-order valence-electron chi connectivity index (χ2n) is 9.44. The number of fused-ring (bicyclic) bond motifs is 1. The first kappa shape index (κ1) is 22.7. The van der Waals surface area contributed by atoms with Crippen LogP contribution in [0.3, 0.4) is 0 Å². The fourth-order valence-electron chi connectivity index (χ4n) is 4.05. The van der Waals surface area contributed by atoms with Crippen LogP contribution in [-0.4, -0.2) is 26.5 Å². The topological polar surface area (TPSA) is 91.5 Å². The molecule has 36 heavy (non-hydrogen) atoms. The van der Waals surface area contributed by atoms with Crippen molar-refractivity contribution in [3.05, 3.63) is 76.5 Å². The van der Waals surface area contributed by atoms with Crippen molar-refractivity contribution in [2.45, 2.75) is 45.2 Å². The van der Waals surface area contributed by atoms with Crippen LogP contribution in [0.4, 0.5) is 15.8 Å². The van der Waals surface area contributed by atoms with Crippen molar-refractivity contribution >= 4 is 33.9 Å². The highest BCUT2D eigenvalue weighted by Crippen LogP contribution is 2.37. The van der Waals surface area contributed by atoms with Crippen LogP contribution in [0.2, 0.25) is 5.02 Å². The number of benzene rings is 2. The maximum Gasteiger partial charge on any atom is 0.123 e. The molecular formula is C27H27ClFN7. The van der Waals surface area contributed by atoms with E-state index in [2.05, 4.69) is 45.8 Å². The molecule has 0 spiro atoms. The van der Waals surface area contributed by atoms with Crippen molar-refractivity contribution in [2.75, 3.05) is 17.2 Å². The van der Waals surface area contributed by atoms with Gasteiger partial charge >= 0.3 is 0 Å². The Kier molecular flexibility index (Phi) is 6.39.